The summed E-state index contributed by atoms with van der Waals surface area (Å²) in [7, 11) is 0. The topological polar surface area (TPSA) is 25.8 Å². The van der Waals surface area contributed by atoms with Crippen molar-refractivity contribution in [3.63, 3.8) is 0 Å². The highest BCUT2D eigenvalue weighted by Gasteiger charge is 2.17. The van der Waals surface area contributed by atoms with Crippen molar-refractivity contribution in [2.45, 2.75) is 26.2 Å². The average Bonchev–Trinajstić information content (AvgIpc) is 2.87. The number of benzene rings is 1. The summed E-state index contributed by atoms with van der Waals surface area (Å²) in [6.07, 6.45) is 1.82. The largest absolute Gasteiger partial charge is 0.256 e. The second-order valence-electron chi connectivity index (χ2n) is 5.70. The Morgan fingerprint density at radius 3 is 2.68 bits per heavy atom. The number of aromatic nitrogens is 2. The number of pyridine rings is 1. The van der Waals surface area contributed by atoms with Gasteiger partial charge in [-0.3, -0.25) is 4.98 Å². The van der Waals surface area contributed by atoms with Crippen LogP contribution in [0.4, 0.5) is 0 Å². The number of rotatable bonds is 1. The molecule has 1 aromatic carbocycles. The lowest BCUT2D eigenvalue weighted by molar-refractivity contribution is 0.573. The van der Waals surface area contributed by atoms with Gasteiger partial charge in [0.1, 0.15) is 5.01 Å². The molecular weight excluding hydrogens is 252 g/mol. The van der Waals surface area contributed by atoms with Crippen LogP contribution in [0, 0.1) is 0 Å². The quantitative estimate of drug-likeness (QED) is 0.641. The van der Waals surface area contributed by atoms with Crippen molar-refractivity contribution >= 4 is 22.2 Å². The van der Waals surface area contributed by atoms with Crippen LogP contribution in [0.2, 0.25) is 0 Å². The van der Waals surface area contributed by atoms with Crippen LogP contribution < -0.4 is 0 Å². The van der Waals surface area contributed by atoms with Gasteiger partial charge in [-0.1, -0.05) is 26.8 Å². The molecule has 3 rings (SSSR count). The molecule has 2 nitrogen and oxygen atoms in total. The Labute approximate surface area is 117 Å². The molecule has 0 saturated carbocycles. The van der Waals surface area contributed by atoms with E-state index in [2.05, 4.69) is 55.4 Å². The van der Waals surface area contributed by atoms with Crippen molar-refractivity contribution < 1.29 is 0 Å². The average molecular weight is 268 g/mol. The monoisotopic (exact) mass is 268 g/mol. The normalized spacial score (nSPS) is 11.9. The summed E-state index contributed by atoms with van der Waals surface area (Å²) in [5.41, 5.74) is 3.45. The zero-order valence-corrected chi connectivity index (χ0v) is 12.2. The fraction of sp³-hybridized carbons (Fsp3) is 0.250. The van der Waals surface area contributed by atoms with E-state index in [0.29, 0.717) is 0 Å². The number of nitrogens with zero attached hydrogens (tertiary/aromatic N) is 2. The molecule has 19 heavy (non-hydrogen) atoms. The molecule has 0 bridgehead atoms. The molecule has 0 fully saturated rings. The number of hydrogen-bond acceptors (Lipinski definition) is 3. The zero-order valence-electron chi connectivity index (χ0n) is 11.3. The fourth-order valence-corrected chi connectivity index (χ4v) is 3.00. The predicted octanol–water partition coefficient (Wildman–Crippen LogP) is 4.66. The molecule has 2 aromatic heterocycles. The third-order valence-corrected chi connectivity index (χ3v) is 4.01. The van der Waals surface area contributed by atoms with Crippen LogP contribution in [0.1, 0.15) is 26.5 Å². The van der Waals surface area contributed by atoms with Crippen LogP contribution in [0.15, 0.2) is 41.9 Å². The summed E-state index contributed by atoms with van der Waals surface area (Å²) in [5, 5.41) is 4.39. The molecule has 0 aliphatic rings. The Kier molecular flexibility index (Phi) is 2.86. The van der Waals surface area contributed by atoms with E-state index >= 15 is 0 Å². The second kappa shape index (κ2) is 4.42. The van der Waals surface area contributed by atoms with Crippen molar-refractivity contribution in [3.8, 4) is 10.6 Å². The molecule has 0 N–H and O–H groups in total. The first-order chi connectivity index (χ1) is 9.04. The molecular formula is C16H16N2S. The lowest BCUT2D eigenvalue weighted by Gasteiger charge is -2.14. The Hall–Kier alpha value is -1.74. The number of fused-ring (bicyclic) bond motifs is 1. The number of hydrogen-bond donors (Lipinski definition) is 0. The van der Waals surface area contributed by atoms with E-state index in [9.17, 15) is 0 Å². The van der Waals surface area contributed by atoms with Gasteiger partial charge in [-0.2, -0.15) is 0 Å². The molecule has 0 atom stereocenters. The Bertz CT molecular complexity index is 723. The minimum Gasteiger partial charge on any atom is -0.256 e. The lowest BCUT2D eigenvalue weighted by atomic mass is 9.93. The SMILES string of the molecule is CC(C)(C)c1csc(-c2ccc3ncccc3c2)n1. The van der Waals surface area contributed by atoms with E-state index in [-0.39, 0.29) is 5.41 Å². The van der Waals surface area contributed by atoms with Crippen molar-refractivity contribution in [1.29, 1.82) is 0 Å². The summed E-state index contributed by atoms with van der Waals surface area (Å²) in [4.78, 5) is 9.10. The van der Waals surface area contributed by atoms with Gasteiger partial charge in [0.05, 0.1) is 11.2 Å². The highest BCUT2D eigenvalue weighted by atomic mass is 32.1. The highest BCUT2D eigenvalue weighted by molar-refractivity contribution is 7.13. The van der Waals surface area contributed by atoms with Gasteiger partial charge in [-0.05, 0) is 24.3 Å². The van der Waals surface area contributed by atoms with Crippen LogP contribution in [-0.2, 0) is 5.41 Å². The van der Waals surface area contributed by atoms with Gasteiger partial charge in [0.15, 0.2) is 0 Å². The van der Waals surface area contributed by atoms with Crippen LogP contribution >= 0.6 is 11.3 Å². The van der Waals surface area contributed by atoms with Gasteiger partial charge in [0.2, 0.25) is 0 Å². The molecule has 96 valence electrons. The van der Waals surface area contributed by atoms with Gasteiger partial charge in [0.25, 0.3) is 0 Å². The fourth-order valence-electron chi connectivity index (χ4n) is 1.96. The van der Waals surface area contributed by atoms with Crippen LogP contribution in [-0.4, -0.2) is 9.97 Å². The maximum Gasteiger partial charge on any atom is 0.123 e. The first-order valence-corrected chi connectivity index (χ1v) is 7.23. The maximum atomic E-state index is 4.76. The Morgan fingerprint density at radius 1 is 1.11 bits per heavy atom. The van der Waals surface area contributed by atoms with Crippen molar-refractivity contribution in [3.05, 3.63) is 47.6 Å². The first kappa shape index (κ1) is 12.3. The Morgan fingerprint density at radius 2 is 1.95 bits per heavy atom. The molecule has 0 spiro atoms. The summed E-state index contributed by atoms with van der Waals surface area (Å²) >= 11 is 1.71. The van der Waals surface area contributed by atoms with Crippen molar-refractivity contribution in [2.75, 3.05) is 0 Å². The minimum atomic E-state index is 0.104. The van der Waals surface area contributed by atoms with E-state index in [0.717, 1.165) is 21.6 Å². The third-order valence-electron chi connectivity index (χ3n) is 3.12. The predicted molar refractivity (Wildman–Crippen MR) is 81.6 cm³/mol. The summed E-state index contributed by atoms with van der Waals surface area (Å²) in [5.74, 6) is 0. The summed E-state index contributed by atoms with van der Waals surface area (Å²) in [6, 6.07) is 10.4. The second-order valence-corrected chi connectivity index (χ2v) is 6.56. The lowest BCUT2D eigenvalue weighted by Crippen LogP contribution is -2.11. The number of thiazole rings is 1. The standard InChI is InChI=1S/C16H16N2S/c1-16(2,3)14-10-19-15(18-14)12-6-7-13-11(9-12)5-4-8-17-13/h4-10H,1-3H3. The zero-order chi connectivity index (χ0) is 13.5. The highest BCUT2D eigenvalue weighted by Crippen LogP contribution is 2.30. The molecule has 0 radical (unpaired) electrons. The first-order valence-electron chi connectivity index (χ1n) is 6.35. The summed E-state index contributed by atoms with van der Waals surface area (Å²) in [6.45, 7) is 6.57. The van der Waals surface area contributed by atoms with E-state index in [4.69, 9.17) is 4.98 Å². The molecule has 0 aliphatic heterocycles. The van der Waals surface area contributed by atoms with Gasteiger partial charge in [-0.15, -0.1) is 11.3 Å². The summed E-state index contributed by atoms with van der Waals surface area (Å²) < 4.78 is 0. The molecule has 0 unspecified atom stereocenters. The van der Waals surface area contributed by atoms with E-state index in [1.54, 1.807) is 11.3 Å². The van der Waals surface area contributed by atoms with E-state index in [1.165, 1.54) is 5.56 Å². The van der Waals surface area contributed by atoms with Crippen molar-refractivity contribution in [1.82, 2.24) is 9.97 Å². The van der Waals surface area contributed by atoms with Gasteiger partial charge in [0, 0.05) is 27.9 Å². The van der Waals surface area contributed by atoms with E-state index in [1.807, 2.05) is 12.3 Å². The van der Waals surface area contributed by atoms with Crippen LogP contribution in [0.3, 0.4) is 0 Å². The molecule has 3 aromatic rings. The van der Waals surface area contributed by atoms with Crippen molar-refractivity contribution in [2.24, 2.45) is 0 Å². The molecule has 0 aliphatic carbocycles. The molecule has 0 saturated heterocycles. The third kappa shape index (κ3) is 2.38. The molecule has 3 heteroatoms. The molecule has 2 heterocycles. The van der Waals surface area contributed by atoms with Gasteiger partial charge >= 0.3 is 0 Å². The Balaban J connectivity index is 2.07. The maximum absolute atomic E-state index is 4.76. The van der Waals surface area contributed by atoms with Crippen LogP contribution in [0.25, 0.3) is 21.5 Å². The minimum absolute atomic E-state index is 0.104. The van der Waals surface area contributed by atoms with Gasteiger partial charge < -0.3 is 0 Å². The van der Waals surface area contributed by atoms with Gasteiger partial charge in [-0.25, -0.2) is 4.98 Å². The van der Waals surface area contributed by atoms with Crippen LogP contribution in [0.5, 0.6) is 0 Å². The van der Waals surface area contributed by atoms with E-state index < -0.39 is 0 Å². The molecule has 0 amide bonds. The smallest absolute Gasteiger partial charge is 0.123 e.